The van der Waals surface area contributed by atoms with E-state index in [0.29, 0.717) is 43.3 Å². The van der Waals surface area contributed by atoms with E-state index in [1.807, 2.05) is 27.7 Å². The van der Waals surface area contributed by atoms with Crippen molar-refractivity contribution < 1.29 is 13.6 Å². The monoisotopic (exact) mass is 576 g/mol. The average Bonchev–Trinajstić information content (AvgIpc) is 2.96. The second-order valence-corrected chi connectivity index (χ2v) is 10.5. The Kier molecular flexibility index (Phi) is 8.64. The molecule has 1 aliphatic heterocycles. The summed E-state index contributed by atoms with van der Waals surface area (Å²) in [5.41, 5.74) is 5.80. The Bertz CT molecular complexity index is 1660. The molecule has 1 fully saturated rings. The van der Waals surface area contributed by atoms with Crippen LogP contribution in [0.1, 0.15) is 56.6 Å². The molecule has 1 saturated heterocycles. The standard InChI is InChI=1S/C30H34F2N8O2/c1-8-21(33)23(18(7)31)26-20(32)14-19-28(39-12-10-38(11-13-39)22(41)9-2)37-30(42)40(29(19)36-26)27-24(16(3)4)34-15-35-25(27)17(5)6/h8-9,14-17H,1-2,7,10-13,33H2,3-6H3/b23-21-. The van der Waals surface area contributed by atoms with Gasteiger partial charge in [0.25, 0.3) is 0 Å². The van der Waals surface area contributed by atoms with Crippen LogP contribution in [0.4, 0.5) is 14.6 Å². The molecule has 0 aromatic carbocycles. The highest BCUT2D eigenvalue weighted by Crippen LogP contribution is 2.34. The highest BCUT2D eigenvalue weighted by atomic mass is 19.1. The summed E-state index contributed by atoms with van der Waals surface area (Å²) in [7, 11) is 0. The first kappa shape index (κ1) is 30.2. The minimum atomic E-state index is -1.02. The van der Waals surface area contributed by atoms with Crippen LogP contribution in [0.25, 0.3) is 22.3 Å². The van der Waals surface area contributed by atoms with Gasteiger partial charge in [0.05, 0.1) is 28.0 Å². The molecular formula is C30H34F2N8O2. The second kappa shape index (κ2) is 12.0. The van der Waals surface area contributed by atoms with Crippen LogP contribution in [-0.4, -0.2) is 61.5 Å². The summed E-state index contributed by atoms with van der Waals surface area (Å²) in [5.74, 6) is -2.20. The predicted molar refractivity (Wildman–Crippen MR) is 159 cm³/mol. The van der Waals surface area contributed by atoms with Gasteiger partial charge in [0.15, 0.2) is 11.5 Å². The van der Waals surface area contributed by atoms with E-state index in [4.69, 9.17) is 5.73 Å². The molecule has 3 aromatic rings. The number of aromatic nitrogens is 5. The van der Waals surface area contributed by atoms with E-state index in [9.17, 15) is 14.0 Å². The van der Waals surface area contributed by atoms with Crippen LogP contribution in [0.3, 0.4) is 0 Å². The fourth-order valence-electron chi connectivity index (χ4n) is 5.00. The fourth-order valence-corrected chi connectivity index (χ4v) is 5.00. The molecule has 0 bridgehead atoms. The van der Waals surface area contributed by atoms with Crippen LogP contribution in [0.15, 0.2) is 60.6 Å². The SMILES string of the molecule is C=CC(=O)N1CCN(c2nc(=O)n(-c3c(C(C)C)ncnc3C(C)C)c3nc(/C(C(=C)F)=C(\N)C=C)c(F)cc23)CC1. The maximum Gasteiger partial charge on any atom is 0.355 e. The number of halogens is 2. The van der Waals surface area contributed by atoms with Gasteiger partial charge in [0, 0.05) is 31.9 Å². The number of carbonyl (C=O) groups excluding carboxylic acids is 1. The fraction of sp³-hybridized carbons (Fsp3) is 0.333. The Balaban J connectivity index is 2.11. The maximum atomic E-state index is 15.8. The molecule has 10 nitrogen and oxygen atoms in total. The highest BCUT2D eigenvalue weighted by molar-refractivity contribution is 5.92. The summed E-state index contributed by atoms with van der Waals surface area (Å²) in [6, 6.07) is 1.16. The normalized spacial score (nSPS) is 14.4. The first-order valence-corrected chi connectivity index (χ1v) is 13.5. The van der Waals surface area contributed by atoms with Crippen LogP contribution in [0.2, 0.25) is 0 Å². The molecule has 0 aliphatic carbocycles. The number of allylic oxidation sites excluding steroid dienone is 3. The van der Waals surface area contributed by atoms with E-state index >= 15 is 4.39 Å². The molecule has 3 aromatic heterocycles. The van der Waals surface area contributed by atoms with Crippen molar-refractivity contribution in [3.05, 3.63) is 89.2 Å². The molecule has 4 rings (SSSR count). The van der Waals surface area contributed by atoms with Gasteiger partial charge in [-0.05, 0) is 30.1 Å². The topological polar surface area (TPSA) is 123 Å². The van der Waals surface area contributed by atoms with Crippen molar-refractivity contribution in [2.45, 2.75) is 39.5 Å². The Hall–Kier alpha value is -4.74. The first-order valence-electron chi connectivity index (χ1n) is 13.5. The zero-order valence-electron chi connectivity index (χ0n) is 24.2. The summed E-state index contributed by atoms with van der Waals surface area (Å²) in [6.07, 6.45) is 3.84. The lowest BCUT2D eigenvalue weighted by molar-refractivity contribution is -0.126. The third kappa shape index (κ3) is 5.44. The number of amides is 1. The third-order valence-corrected chi connectivity index (χ3v) is 7.08. The number of pyridine rings is 1. The second-order valence-electron chi connectivity index (χ2n) is 10.5. The molecule has 42 heavy (non-hydrogen) atoms. The van der Waals surface area contributed by atoms with Gasteiger partial charge < -0.3 is 15.5 Å². The Morgan fingerprint density at radius 2 is 1.62 bits per heavy atom. The van der Waals surface area contributed by atoms with Crippen LogP contribution in [-0.2, 0) is 4.79 Å². The van der Waals surface area contributed by atoms with E-state index in [-0.39, 0.29) is 45.9 Å². The number of hydrogen-bond acceptors (Lipinski definition) is 8. The number of rotatable bonds is 8. The van der Waals surface area contributed by atoms with E-state index in [0.717, 1.165) is 6.07 Å². The van der Waals surface area contributed by atoms with Crippen LogP contribution in [0.5, 0.6) is 0 Å². The van der Waals surface area contributed by atoms with Crippen LogP contribution < -0.4 is 16.3 Å². The van der Waals surface area contributed by atoms with Gasteiger partial charge in [-0.1, -0.05) is 47.4 Å². The van der Waals surface area contributed by atoms with Gasteiger partial charge in [-0.25, -0.2) is 33.1 Å². The molecule has 0 spiro atoms. The zero-order valence-corrected chi connectivity index (χ0v) is 24.2. The van der Waals surface area contributed by atoms with Crippen molar-refractivity contribution in [1.82, 2.24) is 29.4 Å². The molecule has 1 aliphatic rings. The lowest BCUT2D eigenvalue weighted by Gasteiger charge is -2.35. The summed E-state index contributed by atoms with van der Waals surface area (Å²) >= 11 is 0. The van der Waals surface area contributed by atoms with Crippen molar-refractivity contribution >= 4 is 28.3 Å². The number of hydrogen-bond donors (Lipinski definition) is 1. The molecule has 0 atom stereocenters. The molecule has 220 valence electrons. The Labute approximate surface area is 242 Å². The van der Waals surface area contributed by atoms with Crippen molar-refractivity contribution in [1.29, 1.82) is 0 Å². The van der Waals surface area contributed by atoms with E-state index in [1.165, 1.54) is 23.0 Å². The largest absolute Gasteiger partial charge is 0.398 e. The molecule has 1 amide bonds. The van der Waals surface area contributed by atoms with Crippen molar-refractivity contribution in [2.75, 3.05) is 31.1 Å². The number of fused-ring (bicyclic) bond motifs is 1. The molecule has 2 N–H and O–H groups in total. The zero-order chi connectivity index (χ0) is 30.9. The van der Waals surface area contributed by atoms with Crippen molar-refractivity contribution in [2.24, 2.45) is 5.73 Å². The van der Waals surface area contributed by atoms with Crippen molar-refractivity contribution in [3.8, 4) is 5.69 Å². The quantitative estimate of drug-likeness (QED) is 0.314. The average molecular weight is 577 g/mol. The smallest absolute Gasteiger partial charge is 0.355 e. The van der Waals surface area contributed by atoms with E-state index < -0.39 is 23.0 Å². The van der Waals surface area contributed by atoms with Crippen molar-refractivity contribution in [3.63, 3.8) is 0 Å². The molecule has 4 heterocycles. The Morgan fingerprint density at radius 3 is 2.12 bits per heavy atom. The molecule has 0 saturated carbocycles. The van der Waals surface area contributed by atoms with E-state index in [2.05, 4.69) is 39.7 Å². The maximum absolute atomic E-state index is 15.8. The number of carbonyl (C=O) groups is 1. The highest BCUT2D eigenvalue weighted by Gasteiger charge is 2.29. The lowest BCUT2D eigenvalue weighted by atomic mass is 10.0. The van der Waals surface area contributed by atoms with Gasteiger partial charge in [-0.15, -0.1) is 0 Å². The third-order valence-electron chi connectivity index (χ3n) is 7.08. The molecule has 0 radical (unpaired) electrons. The van der Waals surface area contributed by atoms with Gasteiger partial charge in [0.1, 0.15) is 23.7 Å². The predicted octanol–water partition coefficient (Wildman–Crippen LogP) is 4.13. The summed E-state index contributed by atoms with van der Waals surface area (Å²) in [6.45, 7) is 19.4. The van der Waals surface area contributed by atoms with Gasteiger partial charge >= 0.3 is 5.69 Å². The number of nitrogens with zero attached hydrogens (tertiary/aromatic N) is 7. The number of piperazine rings is 1. The number of nitrogens with two attached hydrogens (primary N) is 1. The van der Waals surface area contributed by atoms with Gasteiger partial charge in [-0.2, -0.15) is 4.98 Å². The minimum absolute atomic E-state index is 0.0141. The lowest BCUT2D eigenvalue weighted by Crippen LogP contribution is -2.49. The molecule has 12 heteroatoms. The van der Waals surface area contributed by atoms with E-state index in [1.54, 1.807) is 9.80 Å². The van der Waals surface area contributed by atoms with Crippen LogP contribution >= 0.6 is 0 Å². The van der Waals surface area contributed by atoms with Gasteiger partial charge in [-0.3, -0.25) is 4.79 Å². The summed E-state index contributed by atoms with van der Waals surface area (Å²) < 4.78 is 31.8. The Morgan fingerprint density at radius 1 is 1.02 bits per heavy atom. The molecular weight excluding hydrogens is 542 g/mol. The summed E-state index contributed by atoms with van der Waals surface area (Å²) in [4.78, 5) is 47.3. The summed E-state index contributed by atoms with van der Waals surface area (Å²) in [5, 5.41) is 0.202. The number of anilines is 1. The molecule has 0 unspecified atom stereocenters. The first-order chi connectivity index (χ1) is 19.9. The van der Waals surface area contributed by atoms with Gasteiger partial charge in [0.2, 0.25) is 5.91 Å². The van der Waals surface area contributed by atoms with Crippen LogP contribution in [0, 0.1) is 5.82 Å². The minimum Gasteiger partial charge on any atom is -0.398 e.